The molecule has 0 saturated carbocycles. The van der Waals surface area contributed by atoms with Crippen molar-refractivity contribution in [3.05, 3.63) is 18.2 Å². The Kier molecular flexibility index (Phi) is 5.41. The lowest BCUT2D eigenvalue weighted by molar-refractivity contribution is 0.0617. The Morgan fingerprint density at radius 3 is 2.52 bits per heavy atom. The quantitative estimate of drug-likeness (QED) is 0.864. The maximum absolute atomic E-state index is 4.26. The highest BCUT2D eigenvalue weighted by atomic mass is 15.3. The van der Waals surface area contributed by atoms with Crippen molar-refractivity contribution >= 4 is 0 Å². The number of nitrogens with one attached hydrogen (secondary N) is 1. The number of hydrogen-bond acceptors (Lipinski definition) is 4. The van der Waals surface area contributed by atoms with E-state index in [1.807, 2.05) is 12.5 Å². The molecule has 2 rings (SSSR count). The molecule has 1 saturated heterocycles. The molecule has 1 aromatic rings. The summed E-state index contributed by atoms with van der Waals surface area (Å²) in [4.78, 5) is 9.26. The van der Waals surface area contributed by atoms with E-state index in [9.17, 15) is 0 Å². The first-order valence-corrected chi connectivity index (χ1v) is 8.05. The minimum atomic E-state index is 0.198. The lowest BCUT2D eigenvalue weighted by Crippen LogP contribution is -2.57. The van der Waals surface area contributed by atoms with Crippen molar-refractivity contribution in [2.24, 2.45) is 0 Å². The monoisotopic (exact) mass is 293 g/mol. The van der Waals surface area contributed by atoms with E-state index in [-0.39, 0.29) is 5.54 Å². The van der Waals surface area contributed by atoms with Gasteiger partial charge in [0.25, 0.3) is 0 Å². The fourth-order valence-electron chi connectivity index (χ4n) is 2.95. The van der Waals surface area contributed by atoms with Crippen LogP contribution in [-0.4, -0.2) is 64.7 Å². The van der Waals surface area contributed by atoms with Crippen LogP contribution < -0.4 is 5.32 Å². The molecule has 0 aromatic carbocycles. The Morgan fingerprint density at radius 1 is 1.24 bits per heavy atom. The molecule has 0 spiro atoms. The van der Waals surface area contributed by atoms with Gasteiger partial charge >= 0.3 is 0 Å². The minimum absolute atomic E-state index is 0.198. The third-order valence-corrected chi connectivity index (χ3v) is 4.53. The summed E-state index contributed by atoms with van der Waals surface area (Å²) < 4.78 is 2.23. The van der Waals surface area contributed by atoms with Crippen LogP contribution in [-0.2, 0) is 6.54 Å². The summed E-state index contributed by atoms with van der Waals surface area (Å²) in [5.41, 5.74) is 1.46. The molecule has 1 aliphatic rings. The van der Waals surface area contributed by atoms with E-state index >= 15 is 0 Å². The van der Waals surface area contributed by atoms with Gasteiger partial charge in [-0.3, -0.25) is 4.90 Å². The summed E-state index contributed by atoms with van der Waals surface area (Å²) in [6.07, 6.45) is 3.89. The van der Waals surface area contributed by atoms with Gasteiger partial charge in [-0.25, -0.2) is 4.98 Å². The highest BCUT2D eigenvalue weighted by Gasteiger charge is 2.28. The van der Waals surface area contributed by atoms with Crippen LogP contribution in [0, 0.1) is 0 Å². The zero-order valence-electron chi connectivity index (χ0n) is 14.3. The molecule has 0 bridgehead atoms. The predicted molar refractivity (Wildman–Crippen MR) is 87.5 cm³/mol. The zero-order valence-corrected chi connectivity index (χ0v) is 14.3. The van der Waals surface area contributed by atoms with E-state index < -0.39 is 0 Å². The van der Waals surface area contributed by atoms with E-state index in [1.165, 1.54) is 18.8 Å². The van der Waals surface area contributed by atoms with Crippen molar-refractivity contribution in [2.45, 2.75) is 45.8 Å². The van der Waals surface area contributed by atoms with E-state index in [4.69, 9.17) is 0 Å². The number of rotatable bonds is 6. The number of nitrogens with zero attached hydrogens (tertiary/aromatic N) is 4. The molecule has 1 aromatic heterocycles. The van der Waals surface area contributed by atoms with Crippen molar-refractivity contribution in [1.29, 1.82) is 0 Å². The number of hydrogen-bond donors (Lipinski definition) is 1. The smallest absolute Gasteiger partial charge is 0.0951 e. The molecule has 2 heterocycles. The third kappa shape index (κ3) is 4.28. The average molecular weight is 293 g/mol. The fraction of sp³-hybridized carbons (Fsp3) is 0.812. The summed E-state index contributed by atoms with van der Waals surface area (Å²) >= 11 is 0. The molecule has 1 N–H and O–H groups in total. The molecule has 21 heavy (non-hydrogen) atoms. The summed E-state index contributed by atoms with van der Waals surface area (Å²) in [5, 5.41) is 3.62. The summed E-state index contributed by atoms with van der Waals surface area (Å²) in [6.45, 7) is 15.6. The van der Waals surface area contributed by atoms with Gasteiger partial charge in [0.1, 0.15) is 0 Å². The molecule has 0 unspecified atom stereocenters. The molecule has 120 valence electrons. The third-order valence-electron chi connectivity index (χ3n) is 4.53. The largest absolute Gasteiger partial charge is 0.331 e. The highest BCUT2D eigenvalue weighted by molar-refractivity contribution is 5.00. The van der Waals surface area contributed by atoms with Gasteiger partial charge in [-0.05, 0) is 34.7 Å². The van der Waals surface area contributed by atoms with Gasteiger partial charge in [-0.1, -0.05) is 0 Å². The van der Waals surface area contributed by atoms with Gasteiger partial charge in [0.2, 0.25) is 0 Å². The molecular formula is C16H31N5. The van der Waals surface area contributed by atoms with Crippen LogP contribution in [0.4, 0.5) is 0 Å². The summed E-state index contributed by atoms with van der Waals surface area (Å²) in [6, 6.07) is 0.468. The molecule has 5 heteroatoms. The van der Waals surface area contributed by atoms with Crippen molar-refractivity contribution in [3.8, 4) is 0 Å². The van der Waals surface area contributed by atoms with Gasteiger partial charge in [-0.15, -0.1) is 0 Å². The normalized spacial score (nSPS) is 18.6. The molecular weight excluding hydrogens is 262 g/mol. The van der Waals surface area contributed by atoms with Crippen molar-refractivity contribution in [3.63, 3.8) is 0 Å². The van der Waals surface area contributed by atoms with E-state index in [0.717, 1.165) is 26.2 Å². The number of likely N-dealkylation sites (N-methyl/N-ethyl adjacent to an activating group) is 1. The van der Waals surface area contributed by atoms with Crippen LogP contribution in [0.1, 0.15) is 39.4 Å². The first-order chi connectivity index (χ1) is 9.90. The van der Waals surface area contributed by atoms with Gasteiger partial charge in [0.15, 0.2) is 0 Å². The van der Waals surface area contributed by atoms with Crippen LogP contribution in [0.5, 0.6) is 0 Å². The summed E-state index contributed by atoms with van der Waals surface area (Å²) in [7, 11) is 2.20. The van der Waals surface area contributed by atoms with E-state index in [0.29, 0.717) is 6.04 Å². The number of aromatic nitrogens is 2. The van der Waals surface area contributed by atoms with Gasteiger partial charge < -0.3 is 14.8 Å². The van der Waals surface area contributed by atoms with Crippen LogP contribution in [0.25, 0.3) is 0 Å². The Hall–Kier alpha value is -0.910. The zero-order chi connectivity index (χ0) is 15.5. The fourth-order valence-corrected chi connectivity index (χ4v) is 2.95. The van der Waals surface area contributed by atoms with E-state index in [2.05, 4.69) is 59.4 Å². The maximum Gasteiger partial charge on any atom is 0.0951 e. The lowest BCUT2D eigenvalue weighted by Gasteiger charge is -2.43. The topological polar surface area (TPSA) is 36.3 Å². The molecule has 5 nitrogen and oxygen atoms in total. The second-order valence-electron chi connectivity index (χ2n) is 7.09. The van der Waals surface area contributed by atoms with Gasteiger partial charge in [-0.2, -0.15) is 0 Å². The van der Waals surface area contributed by atoms with Crippen molar-refractivity contribution in [1.82, 2.24) is 24.7 Å². The number of imidazole rings is 1. The number of piperazine rings is 1. The first-order valence-electron chi connectivity index (χ1n) is 8.05. The summed E-state index contributed by atoms with van der Waals surface area (Å²) in [5.74, 6) is 0. The molecule has 0 aliphatic carbocycles. The maximum atomic E-state index is 4.26. The molecule has 1 aliphatic heterocycles. The molecule has 0 atom stereocenters. The van der Waals surface area contributed by atoms with Crippen molar-refractivity contribution in [2.75, 3.05) is 39.8 Å². The van der Waals surface area contributed by atoms with Crippen LogP contribution >= 0.6 is 0 Å². The molecule has 0 amide bonds. The van der Waals surface area contributed by atoms with Gasteiger partial charge in [0, 0.05) is 57.0 Å². The van der Waals surface area contributed by atoms with Crippen LogP contribution in [0.3, 0.4) is 0 Å². The van der Waals surface area contributed by atoms with E-state index in [1.54, 1.807) is 0 Å². The minimum Gasteiger partial charge on any atom is -0.331 e. The second-order valence-corrected chi connectivity index (χ2v) is 7.09. The Bertz CT molecular complexity index is 430. The SMILES string of the molecule is CC(C)n1cncc1CNCC(C)(C)N1CCN(C)CC1. The predicted octanol–water partition coefficient (Wildman–Crippen LogP) is 1.58. The lowest BCUT2D eigenvalue weighted by atomic mass is 10.0. The Balaban J connectivity index is 1.83. The van der Waals surface area contributed by atoms with Crippen LogP contribution in [0.15, 0.2) is 12.5 Å². The first kappa shape index (κ1) is 16.5. The van der Waals surface area contributed by atoms with Crippen LogP contribution in [0.2, 0.25) is 0 Å². The molecule has 1 fully saturated rings. The van der Waals surface area contributed by atoms with Gasteiger partial charge in [0.05, 0.1) is 12.0 Å². The average Bonchev–Trinajstić information content (AvgIpc) is 2.87. The highest BCUT2D eigenvalue weighted by Crippen LogP contribution is 2.16. The standard InChI is InChI=1S/C16H31N5/c1-14(2)21-13-18-11-15(21)10-17-12-16(3,4)20-8-6-19(5)7-9-20/h11,13-14,17H,6-10,12H2,1-5H3. The Morgan fingerprint density at radius 2 is 1.90 bits per heavy atom. The van der Waals surface area contributed by atoms with Crippen molar-refractivity contribution < 1.29 is 0 Å². The Labute approximate surface area is 129 Å². The molecule has 0 radical (unpaired) electrons. The second kappa shape index (κ2) is 6.90.